The van der Waals surface area contributed by atoms with Gasteiger partial charge < -0.3 is 24.0 Å². The Morgan fingerprint density at radius 1 is 1.09 bits per heavy atom. The van der Waals surface area contributed by atoms with Crippen LogP contribution in [0.2, 0.25) is 0 Å². The molecule has 0 spiro atoms. The molecule has 1 fully saturated rings. The van der Waals surface area contributed by atoms with E-state index >= 15 is 0 Å². The Morgan fingerprint density at radius 3 is 2.56 bits per heavy atom. The fourth-order valence-corrected chi connectivity index (χ4v) is 4.18. The SMILES string of the molecule is CCOc1ccc([C@H]2C(=C(O)c3ccccc3)C(=O)C(=O)N2CCCn2ccnc2)cc1OC. The van der Waals surface area contributed by atoms with Gasteiger partial charge in [0, 0.05) is 31.0 Å². The van der Waals surface area contributed by atoms with Crippen molar-refractivity contribution in [2.45, 2.75) is 25.9 Å². The molecule has 0 aliphatic carbocycles. The summed E-state index contributed by atoms with van der Waals surface area (Å²) in [4.78, 5) is 31.8. The van der Waals surface area contributed by atoms with Gasteiger partial charge in [0.2, 0.25) is 0 Å². The summed E-state index contributed by atoms with van der Waals surface area (Å²) < 4.78 is 13.0. The Morgan fingerprint density at radius 2 is 1.88 bits per heavy atom. The minimum atomic E-state index is -0.757. The third kappa shape index (κ3) is 4.52. The molecule has 1 aliphatic rings. The molecule has 2 aromatic carbocycles. The maximum absolute atomic E-state index is 13.1. The molecule has 34 heavy (non-hydrogen) atoms. The smallest absolute Gasteiger partial charge is 0.295 e. The Balaban J connectivity index is 1.76. The van der Waals surface area contributed by atoms with Crippen molar-refractivity contribution in [2.75, 3.05) is 20.3 Å². The molecule has 4 rings (SSSR count). The number of rotatable bonds is 9. The predicted octanol–water partition coefficient (Wildman–Crippen LogP) is 3.80. The molecule has 176 valence electrons. The van der Waals surface area contributed by atoms with Gasteiger partial charge in [-0.15, -0.1) is 0 Å². The van der Waals surface area contributed by atoms with Gasteiger partial charge >= 0.3 is 0 Å². The zero-order valence-electron chi connectivity index (χ0n) is 19.2. The number of aliphatic hydroxyl groups is 1. The summed E-state index contributed by atoms with van der Waals surface area (Å²) in [6.45, 7) is 3.31. The topological polar surface area (TPSA) is 93.9 Å². The summed E-state index contributed by atoms with van der Waals surface area (Å²) in [6, 6.07) is 13.3. The molecule has 0 radical (unpaired) electrons. The quantitative estimate of drug-likeness (QED) is 0.296. The van der Waals surface area contributed by atoms with E-state index in [1.54, 1.807) is 55.0 Å². The summed E-state index contributed by atoms with van der Waals surface area (Å²) in [6.07, 6.45) is 5.86. The number of Topliss-reactive ketones (excluding diaryl/α,β-unsaturated/α-hetero) is 1. The van der Waals surface area contributed by atoms with Gasteiger partial charge in [0.1, 0.15) is 5.76 Å². The molecule has 2 heterocycles. The number of likely N-dealkylation sites (tertiary alicyclic amines) is 1. The largest absolute Gasteiger partial charge is 0.507 e. The van der Waals surface area contributed by atoms with Crippen molar-refractivity contribution in [1.82, 2.24) is 14.5 Å². The number of aryl methyl sites for hydroxylation is 1. The number of hydrogen-bond donors (Lipinski definition) is 1. The van der Waals surface area contributed by atoms with Gasteiger partial charge in [-0.3, -0.25) is 9.59 Å². The van der Waals surface area contributed by atoms with Gasteiger partial charge in [-0.05, 0) is 31.0 Å². The van der Waals surface area contributed by atoms with E-state index in [2.05, 4.69) is 4.98 Å². The van der Waals surface area contributed by atoms with Crippen LogP contribution in [0.15, 0.2) is 72.8 Å². The number of amides is 1. The van der Waals surface area contributed by atoms with E-state index in [9.17, 15) is 14.7 Å². The summed E-state index contributed by atoms with van der Waals surface area (Å²) in [5, 5.41) is 11.1. The summed E-state index contributed by atoms with van der Waals surface area (Å²) in [5.41, 5.74) is 1.19. The fourth-order valence-electron chi connectivity index (χ4n) is 4.18. The Bertz CT molecular complexity index is 1190. The minimum absolute atomic E-state index is 0.0602. The third-order valence-electron chi connectivity index (χ3n) is 5.76. The molecule has 0 saturated carbocycles. The van der Waals surface area contributed by atoms with Gasteiger partial charge in [0.15, 0.2) is 11.5 Å². The highest BCUT2D eigenvalue weighted by Crippen LogP contribution is 2.42. The van der Waals surface area contributed by atoms with Crippen LogP contribution >= 0.6 is 0 Å². The average molecular weight is 462 g/mol. The maximum Gasteiger partial charge on any atom is 0.295 e. The summed E-state index contributed by atoms with van der Waals surface area (Å²) in [7, 11) is 1.54. The van der Waals surface area contributed by atoms with Crippen LogP contribution in [-0.2, 0) is 16.1 Å². The number of hydrogen-bond acceptors (Lipinski definition) is 6. The molecule has 3 aromatic rings. The molecule has 8 heteroatoms. The van der Waals surface area contributed by atoms with Crippen LogP contribution in [0.5, 0.6) is 11.5 Å². The molecule has 1 atom stereocenters. The molecule has 0 bridgehead atoms. The third-order valence-corrected chi connectivity index (χ3v) is 5.76. The van der Waals surface area contributed by atoms with Crippen molar-refractivity contribution in [3.63, 3.8) is 0 Å². The van der Waals surface area contributed by atoms with E-state index in [-0.39, 0.29) is 11.3 Å². The van der Waals surface area contributed by atoms with E-state index in [1.165, 1.54) is 12.0 Å². The Labute approximate surface area is 198 Å². The van der Waals surface area contributed by atoms with Crippen LogP contribution in [-0.4, -0.2) is 51.5 Å². The number of aromatic nitrogens is 2. The number of aliphatic hydroxyl groups excluding tert-OH is 1. The number of ether oxygens (including phenoxy) is 2. The normalized spacial score (nSPS) is 17.2. The predicted molar refractivity (Wildman–Crippen MR) is 126 cm³/mol. The van der Waals surface area contributed by atoms with Gasteiger partial charge in [0.25, 0.3) is 11.7 Å². The van der Waals surface area contributed by atoms with Crippen LogP contribution in [0, 0.1) is 0 Å². The number of carbonyl (C=O) groups is 2. The Kier molecular flexibility index (Phi) is 6.96. The van der Waals surface area contributed by atoms with E-state index in [4.69, 9.17) is 9.47 Å². The van der Waals surface area contributed by atoms with E-state index in [0.717, 1.165) is 0 Å². The highest BCUT2D eigenvalue weighted by atomic mass is 16.5. The second-order valence-corrected chi connectivity index (χ2v) is 7.86. The second-order valence-electron chi connectivity index (χ2n) is 7.86. The standard InChI is InChI=1S/C26H27N3O5/c1-3-34-20-11-10-19(16-21(20)33-2)23-22(24(30)18-8-5-4-6-9-18)25(31)26(32)29(23)14-7-13-28-15-12-27-17-28/h4-6,8-12,15-17,23,30H,3,7,13-14H2,1-2H3/t23-/m0/s1. The zero-order valence-corrected chi connectivity index (χ0v) is 19.2. The summed E-state index contributed by atoms with van der Waals surface area (Å²) >= 11 is 0. The molecular weight excluding hydrogens is 434 g/mol. The van der Waals surface area contributed by atoms with Crippen LogP contribution in [0.4, 0.5) is 0 Å². The first-order chi connectivity index (χ1) is 16.5. The average Bonchev–Trinajstić information content (AvgIpc) is 3.47. The van der Waals surface area contributed by atoms with Gasteiger partial charge in [-0.25, -0.2) is 4.98 Å². The maximum atomic E-state index is 13.1. The fraction of sp³-hybridized carbons (Fsp3) is 0.269. The molecule has 1 amide bonds. The molecule has 1 N–H and O–H groups in total. The molecule has 0 unspecified atom stereocenters. The number of benzene rings is 2. The van der Waals surface area contributed by atoms with E-state index < -0.39 is 17.7 Å². The first kappa shape index (κ1) is 23.1. The van der Waals surface area contributed by atoms with Crippen molar-refractivity contribution >= 4 is 17.4 Å². The lowest BCUT2D eigenvalue weighted by atomic mass is 9.95. The van der Waals surface area contributed by atoms with Gasteiger partial charge in [-0.1, -0.05) is 36.4 Å². The van der Waals surface area contributed by atoms with E-state index in [1.807, 2.05) is 23.8 Å². The number of carbonyl (C=O) groups excluding carboxylic acids is 2. The lowest BCUT2D eigenvalue weighted by molar-refractivity contribution is -0.139. The monoisotopic (exact) mass is 461 g/mol. The van der Waals surface area contributed by atoms with Crippen LogP contribution in [0.3, 0.4) is 0 Å². The van der Waals surface area contributed by atoms with Crippen molar-refractivity contribution in [3.05, 3.63) is 84.0 Å². The molecule has 1 aromatic heterocycles. The molecular formula is C26H27N3O5. The van der Waals surface area contributed by atoms with Crippen molar-refractivity contribution in [2.24, 2.45) is 0 Å². The first-order valence-electron chi connectivity index (χ1n) is 11.2. The van der Waals surface area contributed by atoms with Crippen LogP contribution in [0.25, 0.3) is 5.76 Å². The van der Waals surface area contributed by atoms with Gasteiger partial charge in [-0.2, -0.15) is 0 Å². The Hall–Kier alpha value is -4.07. The highest BCUT2D eigenvalue weighted by molar-refractivity contribution is 6.46. The second kappa shape index (κ2) is 10.2. The highest BCUT2D eigenvalue weighted by Gasteiger charge is 2.46. The zero-order chi connectivity index (χ0) is 24.1. The minimum Gasteiger partial charge on any atom is -0.507 e. The molecule has 8 nitrogen and oxygen atoms in total. The lowest BCUT2D eigenvalue weighted by Crippen LogP contribution is -2.31. The number of nitrogens with zero attached hydrogens (tertiary/aromatic N) is 3. The lowest BCUT2D eigenvalue weighted by Gasteiger charge is -2.26. The van der Waals surface area contributed by atoms with E-state index in [0.29, 0.717) is 48.7 Å². The van der Waals surface area contributed by atoms with Crippen LogP contribution in [0.1, 0.15) is 30.5 Å². The van der Waals surface area contributed by atoms with Crippen molar-refractivity contribution < 1.29 is 24.2 Å². The number of ketones is 1. The van der Waals surface area contributed by atoms with Crippen LogP contribution < -0.4 is 9.47 Å². The summed E-state index contributed by atoms with van der Waals surface area (Å²) in [5.74, 6) is -0.492. The van der Waals surface area contributed by atoms with Crippen molar-refractivity contribution in [3.8, 4) is 11.5 Å². The molecule has 1 saturated heterocycles. The van der Waals surface area contributed by atoms with Gasteiger partial charge in [0.05, 0.1) is 31.7 Å². The first-order valence-corrected chi connectivity index (χ1v) is 11.2. The number of methoxy groups -OCH3 is 1. The molecule has 1 aliphatic heterocycles. The number of imidazole rings is 1. The van der Waals surface area contributed by atoms with Crippen molar-refractivity contribution in [1.29, 1.82) is 0 Å².